The number of aromatic nitrogens is 2. The minimum Gasteiger partial charge on any atom is -0.323 e. The van der Waals surface area contributed by atoms with Crippen LogP contribution in [0.5, 0.6) is 0 Å². The molecule has 1 aliphatic carbocycles. The molecule has 1 N–H and O–H groups in total. The summed E-state index contributed by atoms with van der Waals surface area (Å²) in [5, 5.41) is 3.54. The smallest absolute Gasteiger partial charge is 0.262 e. The third kappa shape index (κ3) is 3.31. The monoisotopic (exact) mass is 422 g/mol. The van der Waals surface area contributed by atoms with E-state index in [1.165, 1.54) is 15.8 Å². The molecule has 3 heterocycles. The predicted octanol–water partition coefficient (Wildman–Crippen LogP) is 3.10. The molecule has 1 aliphatic heterocycles. The standard InChI is InChI=1S/C22H22N4O3S/c27-18(24-15-7-2-3-8-16(15)26-11-5-10-19(26)28)12-25-13-23-21-20(22(25)29)14-6-1-4-9-17(14)30-21/h2-3,7-8,13H,1,4-6,9-12H2,(H,24,27). The van der Waals surface area contributed by atoms with E-state index in [1.54, 1.807) is 22.3 Å². The van der Waals surface area contributed by atoms with E-state index in [0.29, 0.717) is 29.7 Å². The number of hydrogen-bond acceptors (Lipinski definition) is 5. The van der Waals surface area contributed by atoms with Crippen molar-refractivity contribution < 1.29 is 9.59 Å². The van der Waals surface area contributed by atoms with Crippen molar-refractivity contribution in [1.29, 1.82) is 0 Å². The molecular weight excluding hydrogens is 400 g/mol. The van der Waals surface area contributed by atoms with Crippen LogP contribution in [0.3, 0.4) is 0 Å². The molecule has 0 unspecified atom stereocenters. The Morgan fingerprint density at radius 1 is 1.10 bits per heavy atom. The van der Waals surface area contributed by atoms with Gasteiger partial charge in [0.05, 0.1) is 23.1 Å². The van der Waals surface area contributed by atoms with Crippen LogP contribution >= 0.6 is 11.3 Å². The number of nitrogens with one attached hydrogen (secondary N) is 1. The van der Waals surface area contributed by atoms with Crippen LogP contribution in [-0.4, -0.2) is 27.9 Å². The molecule has 5 rings (SSSR count). The zero-order chi connectivity index (χ0) is 20.7. The number of aryl methyl sites for hydroxylation is 2. The molecule has 30 heavy (non-hydrogen) atoms. The maximum atomic E-state index is 13.1. The normalized spacial score (nSPS) is 16.1. The highest BCUT2D eigenvalue weighted by molar-refractivity contribution is 7.18. The molecule has 2 aliphatic rings. The zero-order valence-corrected chi connectivity index (χ0v) is 17.3. The van der Waals surface area contributed by atoms with Gasteiger partial charge in [0.25, 0.3) is 5.56 Å². The Kier molecular flexibility index (Phi) is 4.86. The Bertz CT molecular complexity index is 1210. The Morgan fingerprint density at radius 3 is 2.77 bits per heavy atom. The number of thiophene rings is 1. The Morgan fingerprint density at radius 2 is 1.93 bits per heavy atom. The molecule has 3 aromatic rings. The van der Waals surface area contributed by atoms with E-state index >= 15 is 0 Å². The summed E-state index contributed by atoms with van der Waals surface area (Å²) in [5.41, 5.74) is 2.23. The predicted molar refractivity (Wildman–Crippen MR) is 117 cm³/mol. The van der Waals surface area contributed by atoms with Gasteiger partial charge in [0.2, 0.25) is 11.8 Å². The van der Waals surface area contributed by atoms with Gasteiger partial charge in [-0.3, -0.25) is 19.0 Å². The third-order valence-electron chi connectivity index (χ3n) is 5.80. The fourth-order valence-electron chi connectivity index (χ4n) is 4.36. The molecular formula is C22H22N4O3S. The van der Waals surface area contributed by atoms with Gasteiger partial charge >= 0.3 is 0 Å². The number of benzene rings is 1. The number of para-hydroxylation sites is 2. The van der Waals surface area contributed by atoms with Crippen molar-refractivity contribution in [2.75, 3.05) is 16.8 Å². The summed E-state index contributed by atoms with van der Waals surface area (Å²) in [4.78, 5) is 46.1. The molecule has 1 aromatic carbocycles. The summed E-state index contributed by atoms with van der Waals surface area (Å²) >= 11 is 1.60. The van der Waals surface area contributed by atoms with Crippen LogP contribution in [0.1, 0.15) is 36.1 Å². The van der Waals surface area contributed by atoms with Gasteiger partial charge in [-0.15, -0.1) is 11.3 Å². The molecule has 0 atom stereocenters. The summed E-state index contributed by atoms with van der Waals surface area (Å²) in [5.74, 6) is -0.258. The van der Waals surface area contributed by atoms with Crippen LogP contribution < -0.4 is 15.8 Å². The highest BCUT2D eigenvalue weighted by Crippen LogP contribution is 2.33. The summed E-state index contributed by atoms with van der Waals surface area (Å²) in [7, 11) is 0. The first-order chi connectivity index (χ1) is 14.6. The average Bonchev–Trinajstić information content (AvgIpc) is 3.34. The van der Waals surface area contributed by atoms with Crippen LogP contribution in [-0.2, 0) is 29.0 Å². The Hall–Kier alpha value is -3.00. The van der Waals surface area contributed by atoms with E-state index in [9.17, 15) is 14.4 Å². The lowest BCUT2D eigenvalue weighted by Gasteiger charge is -2.20. The van der Waals surface area contributed by atoms with Gasteiger partial charge in [0.15, 0.2) is 0 Å². The van der Waals surface area contributed by atoms with Crippen LogP contribution in [0.15, 0.2) is 35.4 Å². The lowest BCUT2D eigenvalue weighted by molar-refractivity contribution is -0.117. The fourth-order valence-corrected chi connectivity index (χ4v) is 5.58. The van der Waals surface area contributed by atoms with E-state index in [4.69, 9.17) is 0 Å². The van der Waals surface area contributed by atoms with Gasteiger partial charge in [-0.1, -0.05) is 12.1 Å². The molecule has 0 saturated carbocycles. The van der Waals surface area contributed by atoms with E-state index in [-0.39, 0.29) is 23.9 Å². The average molecular weight is 423 g/mol. The molecule has 0 radical (unpaired) electrons. The minimum atomic E-state index is -0.318. The lowest BCUT2D eigenvalue weighted by atomic mass is 9.97. The molecule has 1 saturated heterocycles. The van der Waals surface area contributed by atoms with Crippen molar-refractivity contribution in [1.82, 2.24) is 9.55 Å². The van der Waals surface area contributed by atoms with Gasteiger partial charge in [-0.2, -0.15) is 0 Å². The van der Waals surface area contributed by atoms with Crippen molar-refractivity contribution in [3.8, 4) is 0 Å². The summed E-state index contributed by atoms with van der Waals surface area (Å²) in [6.07, 6.45) is 6.93. The minimum absolute atomic E-state index is 0.0600. The van der Waals surface area contributed by atoms with Crippen LogP contribution in [0, 0.1) is 0 Å². The van der Waals surface area contributed by atoms with Crippen LogP contribution in [0.2, 0.25) is 0 Å². The SMILES string of the molecule is O=C(Cn1cnc2sc3c(c2c1=O)CCCC3)Nc1ccccc1N1CCCC1=O. The summed E-state index contributed by atoms with van der Waals surface area (Å²) in [6, 6.07) is 7.27. The topological polar surface area (TPSA) is 84.3 Å². The number of fused-ring (bicyclic) bond motifs is 3. The Labute approximate surface area is 177 Å². The maximum Gasteiger partial charge on any atom is 0.262 e. The number of rotatable bonds is 4. The molecule has 1 fully saturated rings. The second-order valence-corrected chi connectivity index (χ2v) is 8.87. The molecule has 2 amide bonds. The highest BCUT2D eigenvalue weighted by Gasteiger charge is 2.24. The van der Waals surface area contributed by atoms with E-state index in [2.05, 4.69) is 10.3 Å². The number of carbonyl (C=O) groups is 2. The number of amides is 2. The van der Waals surface area contributed by atoms with Gasteiger partial charge < -0.3 is 10.2 Å². The Balaban J connectivity index is 1.40. The van der Waals surface area contributed by atoms with E-state index < -0.39 is 0 Å². The van der Waals surface area contributed by atoms with Gasteiger partial charge in [0.1, 0.15) is 11.4 Å². The van der Waals surface area contributed by atoms with Crippen LogP contribution in [0.4, 0.5) is 11.4 Å². The number of hydrogen-bond donors (Lipinski definition) is 1. The van der Waals surface area contributed by atoms with Gasteiger partial charge in [0, 0.05) is 17.8 Å². The van der Waals surface area contributed by atoms with E-state index in [0.717, 1.165) is 42.5 Å². The summed E-state index contributed by atoms with van der Waals surface area (Å²) < 4.78 is 1.38. The second kappa shape index (κ2) is 7.68. The summed E-state index contributed by atoms with van der Waals surface area (Å²) in [6.45, 7) is 0.531. The molecule has 0 spiro atoms. The van der Waals surface area contributed by atoms with Gasteiger partial charge in [-0.25, -0.2) is 4.98 Å². The second-order valence-electron chi connectivity index (χ2n) is 7.78. The largest absolute Gasteiger partial charge is 0.323 e. The lowest BCUT2D eigenvalue weighted by Crippen LogP contribution is -2.29. The number of nitrogens with zero attached hydrogens (tertiary/aromatic N) is 3. The molecule has 7 nitrogen and oxygen atoms in total. The first-order valence-electron chi connectivity index (χ1n) is 10.3. The fraction of sp³-hybridized carbons (Fsp3) is 0.364. The molecule has 2 aromatic heterocycles. The van der Waals surface area contributed by atoms with Crippen molar-refractivity contribution >= 4 is 44.7 Å². The van der Waals surface area contributed by atoms with Crippen molar-refractivity contribution in [3.05, 3.63) is 51.4 Å². The highest BCUT2D eigenvalue weighted by atomic mass is 32.1. The number of carbonyl (C=O) groups excluding carboxylic acids is 2. The molecule has 154 valence electrons. The molecule has 0 bridgehead atoms. The molecule has 8 heteroatoms. The van der Waals surface area contributed by atoms with E-state index in [1.807, 2.05) is 18.2 Å². The zero-order valence-electron chi connectivity index (χ0n) is 16.5. The first kappa shape index (κ1) is 19.0. The van der Waals surface area contributed by atoms with Crippen molar-refractivity contribution in [2.45, 2.75) is 45.1 Å². The number of anilines is 2. The maximum absolute atomic E-state index is 13.1. The van der Waals surface area contributed by atoms with Crippen molar-refractivity contribution in [3.63, 3.8) is 0 Å². The third-order valence-corrected chi connectivity index (χ3v) is 7.00. The van der Waals surface area contributed by atoms with Crippen molar-refractivity contribution in [2.24, 2.45) is 0 Å². The van der Waals surface area contributed by atoms with Crippen LogP contribution in [0.25, 0.3) is 10.2 Å². The van der Waals surface area contributed by atoms with Gasteiger partial charge in [-0.05, 0) is 49.8 Å². The first-order valence-corrected chi connectivity index (χ1v) is 11.1. The quantitative estimate of drug-likeness (QED) is 0.700.